The number of hydrogen-bond acceptors (Lipinski definition) is 3. The van der Waals surface area contributed by atoms with E-state index in [1.54, 1.807) is 4.68 Å². The van der Waals surface area contributed by atoms with Gasteiger partial charge in [0, 0.05) is 5.02 Å². The van der Waals surface area contributed by atoms with Gasteiger partial charge in [-0.25, -0.2) is 4.68 Å². The van der Waals surface area contributed by atoms with E-state index in [1.165, 1.54) is 0 Å². The van der Waals surface area contributed by atoms with Gasteiger partial charge in [0.25, 0.3) is 0 Å². The van der Waals surface area contributed by atoms with Crippen LogP contribution >= 0.6 is 27.5 Å². The monoisotopic (exact) mass is 272 g/mol. The molecule has 1 aromatic carbocycles. The van der Waals surface area contributed by atoms with Crippen LogP contribution in [-0.2, 0) is 6.54 Å². The van der Waals surface area contributed by atoms with E-state index < -0.39 is 0 Å². The van der Waals surface area contributed by atoms with Gasteiger partial charge in [-0.15, -0.1) is 5.10 Å². The van der Waals surface area contributed by atoms with Gasteiger partial charge in [0.05, 0.1) is 6.54 Å². The van der Waals surface area contributed by atoms with Crippen LogP contribution in [0.2, 0.25) is 5.02 Å². The molecule has 4 nitrogen and oxygen atoms in total. The standard InChI is InChI=1S/C8H6BrClN4/c9-8-11-12-13-14(8)5-6-1-3-7(10)4-2-6/h1-4H,5H2. The molecule has 0 spiro atoms. The molecule has 0 fully saturated rings. The van der Waals surface area contributed by atoms with E-state index >= 15 is 0 Å². The maximum absolute atomic E-state index is 5.77. The summed E-state index contributed by atoms with van der Waals surface area (Å²) in [6.07, 6.45) is 0. The summed E-state index contributed by atoms with van der Waals surface area (Å²) in [5.41, 5.74) is 1.10. The van der Waals surface area contributed by atoms with Crippen LogP contribution in [0.3, 0.4) is 0 Å². The van der Waals surface area contributed by atoms with Crippen LogP contribution in [0.25, 0.3) is 0 Å². The van der Waals surface area contributed by atoms with E-state index in [1.807, 2.05) is 24.3 Å². The Bertz CT molecular complexity index is 425. The summed E-state index contributed by atoms with van der Waals surface area (Å²) in [5.74, 6) is 0. The molecular weight excluding hydrogens is 267 g/mol. The molecule has 72 valence electrons. The first-order chi connectivity index (χ1) is 6.75. The zero-order valence-electron chi connectivity index (χ0n) is 7.06. The highest BCUT2D eigenvalue weighted by Gasteiger charge is 2.02. The predicted octanol–water partition coefficient (Wildman–Crippen LogP) is 2.14. The second-order valence-electron chi connectivity index (χ2n) is 2.73. The zero-order valence-corrected chi connectivity index (χ0v) is 9.40. The summed E-state index contributed by atoms with van der Waals surface area (Å²) in [5, 5.41) is 11.8. The Kier molecular flexibility index (Phi) is 2.79. The van der Waals surface area contributed by atoms with Crippen LogP contribution in [0, 0.1) is 0 Å². The minimum atomic E-state index is 0.618. The van der Waals surface area contributed by atoms with E-state index in [0.717, 1.165) is 10.6 Å². The average molecular weight is 274 g/mol. The number of tetrazole rings is 1. The quantitative estimate of drug-likeness (QED) is 0.842. The minimum absolute atomic E-state index is 0.618. The van der Waals surface area contributed by atoms with Crippen LogP contribution < -0.4 is 0 Å². The molecule has 6 heteroatoms. The lowest BCUT2D eigenvalue weighted by Gasteiger charge is -2.00. The predicted molar refractivity (Wildman–Crippen MR) is 56.1 cm³/mol. The summed E-state index contributed by atoms with van der Waals surface area (Å²) < 4.78 is 2.27. The Morgan fingerprint density at radius 2 is 2.00 bits per heavy atom. The third-order valence-electron chi connectivity index (χ3n) is 1.73. The van der Waals surface area contributed by atoms with Gasteiger partial charge in [-0.2, -0.15) is 0 Å². The molecule has 0 atom stereocenters. The van der Waals surface area contributed by atoms with Crippen LogP contribution in [0.1, 0.15) is 5.56 Å². The molecule has 0 bridgehead atoms. The Labute approximate surface area is 94.0 Å². The summed E-state index contributed by atoms with van der Waals surface area (Å²) in [6.45, 7) is 0.630. The number of halogens is 2. The van der Waals surface area contributed by atoms with E-state index in [2.05, 4.69) is 31.5 Å². The van der Waals surface area contributed by atoms with Gasteiger partial charge < -0.3 is 0 Å². The number of aromatic nitrogens is 4. The van der Waals surface area contributed by atoms with Gasteiger partial charge in [0.1, 0.15) is 0 Å². The van der Waals surface area contributed by atoms with E-state index in [-0.39, 0.29) is 0 Å². The van der Waals surface area contributed by atoms with Crippen LogP contribution in [0.15, 0.2) is 29.0 Å². The van der Waals surface area contributed by atoms with Gasteiger partial charge in [0.2, 0.25) is 4.73 Å². The molecule has 0 aliphatic heterocycles. The average Bonchev–Trinajstić information content (AvgIpc) is 2.56. The first kappa shape index (κ1) is 9.61. The van der Waals surface area contributed by atoms with E-state index in [9.17, 15) is 0 Å². The van der Waals surface area contributed by atoms with Gasteiger partial charge in [-0.05, 0) is 44.1 Å². The molecule has 2 aromatic rings. The first-order valence-corrected chi connectivity index (χ1v) is 5.09. The van der Waals surface area contributed by atoms with Gasteiger partial charge in [-0.3, -0.25) is 0 Å². The molecule has 1 heterocycles. The third kappa shape index (κ3) is 2.10. The van der Waals surface area contributed by atoms with Gasteiger partial charge in [-0.1, -0.05) is 23.7 Å². The second kappa shape index (κ2) is 4.06. The Morgan fingerprint density at radius 3 is 2.57 bits per heavy atom. The molecule has 0 saturated carbocycles. The number of rotatable bonds is 2. The van der Waals surface area contributed by atoms with Crippen molar-refractivity contribution in [3.63, 3.8) is 0 Å². The Morgan fingerprint density at radius 1 is 1.29 bits per heavy atom. The lowest BCUT2D eigenvalue weighted by atomic mass is 10.2. The number of benzene rings is 1. The molecule has 0 N–H and O–H groups in total. The SMILES string of the molecule is Clc1ccc(Cn2nnnc2Br)cc1. The highest BCUT2D eigenvalue weighted by atomic mass is 79.9. The summed E-state index contributed by atoms with van der Waals surface area (Å²) in [6, 6.07) is 7.57. The topological polar surface area (TPSA) is 43.6 Å². The molecule has 0 radical (unpaired) electrons. The molecule has 0 aliphatic rings. The van der Waals surface area contributed by atoms with Crippen LogP contribution in [0.4, 0.5) is 0 Å². The van der Waals surface area contributed by atoms with Crippen molar-refractivity contribution < 1.29 is 0 Å². The summed E-state index contributed by atoms with van der Waals surface area (Å²) in [7, 11) is 0. The van der Waals surface area contributed by atoms with Crippen molar-refractivity contribution in [2.45, 2.75) is 6.54 Å². The van der Waals surface area contributed by atoms with Gasteiger partial charge >= 0.3 is 0 Å². The minimum Gasteiger partial charge on any atom is -0.216 e. The van der Waals surface area contributed by atoms with Crippen LogP contribution in [0.5, 0.6) is 0 Å². The fourth-order valence-corrected chi connectivity index (χ4v) is 1.45. The number of hydrogen-bond donors (Lipinski definition) is 0. The van der Waals surface area contributed by atoms with Gasteiger partial charge in [0.15, 0.2) is 0 Å². The highest BCUT2D eigenvalue weighted by Crippen LogP contribution is 2.11. The van der Waals surface area contributed by atoms with Crippen molar-refractivity contribution in [2.75, 3.05) is 0 Å². The van der Waals surface area contributed by atoms with Crippen LogP contribution in [-0.4, -0.2) is 20.2 Å². The molecule has 14 heavy (non-hydrogen) atoms. The molecule has 2 rings (SSSR count). The highest BCUT2D eigenvalue weighted by molar-refractivity contribution is 9.10. The van der Waals surface area contributed by atoms with Crippen molar-refractivity contribution in [3.8, 4) is 0 Å². The van der Waals surface area contributed by atoms with E-state index in [0.29, 0.717) is 11.3 Å². The van der Waals surface area contributed by atoms with E-state index in [4.69, 9.17) is 11.6 Å². The molecule has 0 aliphatic carbocycles. The lowest BCUT2D eigenvalue weighted by Crippen LogP contribution is -2.02. The van der Waals surface area contributed by atoms with Crippen molar-refractivity contribution in [2.24, 2.45) is 0 Å². The number of nitrogens with zero attached hydrogens (tertiary/aromatic N) is 4. The second-order valence-corrected chi connectivity index (χ2v) is 3.88. The fraction of sp³-hybridized carbons (Fsp3) is 0.125. The maximum atomic E-state index is 5.77. The molecule has 0 amide bonds. The Balaban J connectivity index is 2.19. The first-order valence-electron chi connectivity index (χ1n) is 3.92. The molecule has 1 aromatic heterocycles. The molecule has 0 saturated heterocycles. The third-order valence-corrected chi connectivity index (χ3v) is 2.55. The van der Waals surface area contributed by atoms with Crippen molar-refractivity contribution in [1.82, 2.24) is 20.2 Å². The van der Waals surface area contributed by atoms with Crippen molar-refractivity contribution in [3.05, 3.63) is 39.6 Å². The molecule has 0 unspecified atom stereocenters. The lowest BCUT2D eigenvalue weighted by molar-refractivity contribution is 0.638. The summed E-state index contributed by atoms with van der Waals surface area (Å²) >= 11 is 9.01. The molecular formula is C8H6BrClN4. The van der Waals surface area contributed by atoms with Crippen molar-refractivity contribution in [1.29, 1.82) is 0 Å². The normalized spacial score (nSPS) is 10.4. The summed E-state index contributed by atoms with van der Waals surface area (Å²) in [4.78, 5) is 0. The largest absolute Gasteiger partial charge is 0.218 e. The smallest absolute Gasteiger partial charge is 0.216 e. The fourth-order valence-electron chi connectivity index (χ4n) is 1.05. The zero-order chi connectivity index (χ0) is 9.97. The Hall–Kier alpha value is -0.940. The maximum Gasteiger partial charge on any atom is 0.218 e. The van der Waals surface area contributed by atoms with Crippen molar-refractivity contribution >= 4 is 27.5 Å².